The summed E-state index contributed by atoms with van der Waals surface area (Å²) in [5.41, 5.74) is 0. The third kappa shape index (κ3) is 4.79. The summed E-state index contributed by atoms with van der Waals surface area (Å²) in [6.07, 6.45) is 2.08. The Kier molecular flexibility index (Phi) is 5.12. The Bertz CT molecular complexity index is 289. The van der Waals surface area contributed by atoms with Crippen LogP contribution in [0.3, 0.4) is 0 Å². The Morgan fingerprint density at radius 1 is 1.20 bits per heavy atom. The van der Waals surface area contributed by atoms with Crippen molar-refractivity contribution in [2.24, 2.45) is 0 Å². The molecule has 0 bridgehead atoms. The van der Waals surface area contributed by atoms with Crippen LogP contribution in [0.15, 0.2) is 24.3 Å². The number of hydrogen-bond donors (Lipinski definition) is 1. The van der Waals surface area contributed by atoms with Crippen LogP contribution >= 0.6 is 0 Å². The highest BCUT2D eigenvalue weighted by atomic mass is 19.1. The molecule has 0 saturated heterocycles. The Labute approximate surface area is 90.7 Å². The molecule has 0 heterocycles. The Hall–Kier alpha value is -1.09. The first kappa shape index (κ1) is 12.0. The second kappa shape index (κ2) is 6.40. The molecule has 0 fully saturated rings. The molecular weight excluding hydrogens is 193 g/mol. The van der Waals surface area contributed by atoms with E-state index in [4.69, 9.17) is 4.74 Å². The van der Waals surface area contributed by atoms with Crippen LogP contribution in [0.2, 0.25) is 0 Å². The number of quaternary nitrogens is 1. The number of benzene rings is 1. The van der Waals surface area contributed by atoms with Crippen LogP contribution in [0, 0.1) is 5.82 Å². The molecule has 0 aromatic heterocycles. The average molecular weight is 212 g/mol. The molecule has 0 saturated carbocycles. The topological polar surface area (TPSA) is 13.7 Å². The lowest BCUT2D eigenvalue weighted by molar-refractivity contribution is -0.858. The molecule has 0 radical (unpaired) electrons. The molecule has 0 atom stereocenters. The maximum atomic E-state index is 13.1. The van der Waals surface area contributed by atoms with Gasteiger partial charge < -0.3 is 9.64 Å². The third-order valence-corrected chi connectivity index (χ3v) is 2.17. The smallest absolute Gasteiger partial charge is 0.165 e. The summed E-state index contributed by atoms with van der Waals surface area (Å²) >= 11 is 0. The summed E-state index contributed by atoms with van der Waals surface area (Å²) in [6, 6.07) is 6.52. The first-order chi connectivity index (χ1) is 7.20. The molecule has 1 N–H and O–H groups in total. The highest BCUT2D eigenvalue weighted by molar-refractivity contribution is 5.23. The Morgan fingerprint density at radius 2 is 1.93 bits per heavy atom. The molecule has 0 aliphatic heterocycles. The van der Waals surface area contributed by atoms with E-state index in [0.29, 0.717) is 12.4 Å². The van der Waals surface area contributed by atoms with Crippen molar-refractivity contribution in [2.45, 2.75) is 12.8 Å². The van der Waals surface area contributed by atoms with E-state index in [1.54, 1.807) is 18.2 Å². The number of halogens is 1. The van der Waals surface area contributed by atoms with Gasteiger partial charge in [0.15, 0.2) is 11.6 Å². The van der Waals surface area contributed by atoms with Crippen molar-refractivity contribution in [3.05, 3.63) is 30.1 Å². The summed E-state index contributed by atoms with van der Waals surface area (Å²) in [7, 11) is 4.25. The van der Waals surface area contributed by atoms with Gasteiger partial charge in [-0.05, 0) is 25.0 Å². The normalized spacial score (nSPS) is 10.7. The minimum Gasteiger partial charge on any atom is -0.491 e. The fourth-order valence-corrected chi connectivity index (χ4v) is 1.32. The van der Waals surface area contributed by atoms with Gasteiger partial charge in [0.05, 0.1) is 27.2 Å². The molecule has 1 aromatic carbocycles. The number of rotatable bonds is 6. The second-order valence-corrected chi connectivity index (χ2v) is 3.94. The van der Waals surface area contributed by atoms with Gasteiger partial charge in [0.25, 0.3) is 0 Å². The monoisotopic (exact) mass is 212 g/mol. The van der Waals surface area contributed by atoms with Crippen molar-refractivity contribution in [1.29, 1.82) is 0 Å². The van der Waals surface area contributed by atoms with Crippen LogP contribution in [0.25, 0.3) is 0 Å². The van der Waals surface area contributed by atoms with Crippen molar-refractivity contribution >= 4 is 0 Å². The molecule has 3 heteroatoms. The molecular formula is C12H19FNO+. The molecule has 0 unspecified atom stereocenters. The van der Waals surface area contributed by atoms with Gasteiger partial charge in [-0.25, -0.2) is 4.39 Å². The Morgan fingerprint density at radius 3 is 2.60 bits per heavy atom. The zero-order valence-electron chi connectivity index (χ0n) is 9.42. The number of para-hydroxylation sites is 1. The highest BCUT2D eigenvalue weighted by Gasteiger charge is 2.00. The van der Waals surface area contributed by atoms with Gasteiger partial charge in [0, 0.05) is 0 Å². The fourth-order valence-electron chi connectivity index (χ4n) is 1.32. The van der Waals surface area contributed by atoms with Gasteiger partial charge in [-0.3, -0.25) is 0 Å². The van der Waals surface area contributed by atoms with Crippen LogP contribution in [-0.4, -0.2) is 27.2 Å². The first-order valence-corrected chi connectivity index (χ1v) is 5.36. The lowest BCUT2D eigenvalue weighted by Crippen LogP contribution is -3.05. The average Bonchev–Trinajstić information content (AvgIpc) is 2.20. The van der Waals surface area contributed by atoms with E-state index in [-0.39, 0.29) is 5.82 Å². The summed E-state index contributed by atoms with van der Waals surface area (Å²) in [6.45, 7) is 1.72. The van der Waals surface area contributed by atoms with E-state index in [2.05, 4.69) is 14.1 Å². The summed E-state index contributed by atoms with van der Waals surface area (Å²) < 4.78 is 18.4. The lowest BCUT2D eigenvalue weighted by Gasteiger charge is -2.08. The minimum absolute atomic E-state index is 0.282. The molecule has 15 heavy (non-hydrogen) atoms. The van der Waals surface area contributed by atoms with E-state index in [0.717, 1.165) is 19.4 Å². The van der Waals surface area contributed by atoms with Gasteiger partial charge in [0.2, 0.25) is 0 Å². The van der Waals surface area contributed by atoms with Gasteiger partial charge in [-0.15, -0.1) is 0 Å². The van der Waals surface area contributed by atoms with Crippen LogP contribution in [-0.2, 0) is 0 Å². The molecule has 2 nitrogen and oxygen atoms in total. The van der Waals surface area contributed by atoms with E-state index >= 15 is 0 Å². The standard InChI is InChI=1S/C12H18FNO/c1-14(2)9-5-6-10-15-12-8-4-3-7-11(12)13/h3-4,7-8H,5-6,9-10H2,1-2H3/p+1. The maximum Gasteiger partial charge on any atom is 0.165 e. The zero-order valence-corrected chi connectivity index (χ0v) is 9.42. The van der Waals surface area contributed by atoms with Gasteiger partial charge in [-0.1, -0.05) is 12.1 Å². The van der Waals surface area contributed by atoms with E-state index in [1.807, 2.05) is 0 Å². The third-order valence-electron chi connectivity index (χ3n) is 2.17. The maximum absolute atomic E-state index is 13.1. The Balaban J connectivity index is 2.18. The van der Waals surface area contributed by atoms with Gasteiger partial charge >= 0.3 is 0 Å². The van der Waals surface area contributed by atoms with Crippen LogP contribution in [0.1, 0.15) is 12.8 Å². The number of ether oxygens (including phenoxy) is 1. The largest absolute Gasteiger partial charge is 0.491 e. The van der Waals surface area contributed by atoms with Crippen molar-refractivity contribution in [2.75, 3.05) is 27.2 Å². The highest BCUT2D eigenvalue weighted by Crippen LogP contribution is 2.15. The quantitative estimate of drug-likeness (QED) is 0.698. The summed E-state index contributed by atoms with van der Waals surface area (Å²) in [5.74, 6) is 0.0745. The predicted molar refractivity (Wildman–Crippen MR) is 58.8 cm³/mol. The predicted octanol–water partition coefficient (Wildman–Crippen LogP) is 1.13. The summed E-state index contributed by atoms with van der Waals surface area (Å²) in [4.78, 5) is 1.43. The van der Waals surface area contributed by atoms with Crippen LogP contribution in [0.4, 0.5) is 4.39 Å². The first-order valence-electron chi connectivity index (χ1n) is 5.36. The van der Waals surface area contributed by atoms with E-state index < -0.39 is 0 Å². The van der Waals surface area contributed by atoms with Crippen molar-refractivity contribution < 1.29 is 14.0 Å². The van der Waals surface area contributed by atoms with Crippen molar-refractivity contribution in [3.63, 3.8) is 0 Å². The molecule has 84 valence electrons. The van der Waals surface area contributed by atoms with Crippen LogP contribution < -0.4 is 9.64 Å². The van der Waals surface area contributed by atoms with Crippen molar-refractivity contribution in [1.82, 2.24) is 0 Å². The molecule has 0 aliphatic rings. The molecule has 1 aromatic rings. The van der Waals surface area contributed by atoms with E-state index in [1.165, 1.54) is 11.0 Å². The van der Waals surface area contributed by atoms with Gasteiger partial charge in [0.1, 0.15) is 0 Å². The zero-order chi connectivity index (χ0) is 11.1. The molecule has 0 amide bonds. The lowest BCUT2D eigenvalue weighted by atomic mass is 10.3. The van der Waals surface area contributed by atoms with Crippen LogP contribution in [0.5, 0.6) is 5.75 Å². The molecule has 0 spiro atoms. The fraction of sp³-hybridized carbons (Fsp3) is 0.500. The van der Waals surface area contributed by atoms with Gasteiger partial charge in [-0.2, -0.15) is 0 Å². The molecule has 1 rings (SSSR count). The second-order valence-electron chi connectivity index (χ2n) is 3.94. The SMILES string of the molecule is C[NH+](C)CCCCOc1ccccc1F. The number of hydrogen-bond acceptors (Lipinski definition) is 1. The minimum atomic E-state index is -0.282. The summed E-state index contributed by atoms with van der Waals surface area (Å²) in [5, 5.41) is 0. The molecule has 0 aliphatic carbocycles. The number of nitrogens with one attached hydrogen (secondary N) is 1. The van der Waals surface area contributed by atoms with E-state index in [9.17, 15) is 4.39 Å². The number of unbranched alkanes of at least 4 members (excludes halogenated alkanes) is 1. The van der Waals surface area contributed by atoms with Crippen molar-refractivity contribution in [3.8, 4) is 5.75 Å².